The van der Waals surface area contributed by atoms with Crippen LogP contribution in [-0.2, 0) is 0 Å². The van der Waals surface area contributed by atoms with E-state index in [1.54, 1.807) is 0 Å². The van der Waals surface area contributed by atoms with Crippen LogP contribution in [-0.4, -0.2) is 25.3 Å². The Hall–Kier alpha value is -4.06. The van der Waals surface area contributed by atoms with Crippen LogP contribution >= 0.6 is 0 Å². The van der Waals surface area contributed by atoms with Crippen LogP contribution in [0.5, 0.6) is 0 Å². The lowest BCUT2D eigenvalue weighted by molar-refractivity contribution is 0.102. The highest BCUT2D eigenvalue weighted by Gasteiger charge is 2.18. The van der Waals surface area contributed by atoms with E-state index in [4.69, 9.17) is 4.98 Å². The molecule has 5 aromatic rings. The molecule has 28 heavy (non-hydrogen) atoms. The largest absolute Gasteiger partial charge is 0.304 e. The number of nitrogens with zero attached hydrogens (tertiary/aromatic N) is 4. The Labute approximate surface area is 160 Å². The maximum atomic E-state index is 12.9. The first kappa shape index (κ1) is 16.1. The zero-order chi connectivity index (χ0) is 18.9. The highest BCUT2D eigenvalue weighted by Crippen LogP contribution is 2.28. The lowest BCUT2D eigenvalue weighted by Gasteiger charge is -2.08. The van der Waals surface area contributed by atoms with Crippen molar-refractivity contribution in [2.45, 2.75) is 0 Å². The predicted octanol–water partition coefficient (Wildman–Crippen LogP) is 4.20. The number of para-hydroxylation sites is 2. The number of hydrogen-bond acceptors (Lipinski definition) is 4. The summed E-state index contributed by atoms with van der Waals surface area (Å²) in [5, 5.41) is 2.97. The van der Waals surface area contributed by atoms with Gasteiger partial charge in [0.25, 0.3) is 5.91 Å². The van der Waals surface area contributed by atoms with Gasteiger partial charge in [-0.15, -0.1) is 0 Å². The summed E-state index contributed by atoms with van der Waals surface area (Å²) < 4.78 is 1.86. The monoisotopic (exact) mass is 365 g/mol. The van der Waals surface area contributed by atoms with Crippen molar-refractivity contribution in [1.82, 2.24) is 19.4 Å². The predicted molar refractivity (Wildman–Crippen MR) is 108 cm³/mol. The van der Waals surface area contributed by atoms with Gasteiger partial charge in [-0.1, -0.05) is 48.5 Å². The van der Waals surface area contributed by atoms with Gasteiger partial charge in [0.05, 0.1) is 17.2 Å². The van der Waals surface area contributed by atoms with E-state index >= 15 is 0 Å². The van der Waals surface area contributed by atoms with E-state index in [2.05, 4.69) is 15.3 Å². The topological polar surface area (TPSA) is 72.2 Å². The van der Waals surface area contributed by atoms with Gasteiger partial charge in [-0.3, -0.25) is 14.2 Å². The third-order valence-corrected chi connectivity index (χ3v) is 4.49. The fourth-order valence-corrected chi connectivity index (χ4v) is 3.15. The number of aromatic nitrogens is 4. The van der Waals surface area contributed by atoms with Crippen molar-refractivity contribution >= 4 is 28.4 Å². The van der Waals surface area contributed by atoms with Crippen LogP contribution in [0, 0.1) is 0 Å². The number of fused-ring (bicyclic) bond motifs is 2. The summed E-state index contributed by atoms with van der Waals surface area (Å²) in [7, 11) is 0. The van der Waals surface area contributed by atoms with Gasteiger partial charge >= 0.3 is 0 Å². The summed E-state index contributed by atoms with van der Waals surface area (Å²) in [6.07, 6.45) is 3.36. The second-order valence-electron chi connectivity index (χ2n) is 6.30. The lowest BCUT2D eigenvalue weighted by atomic mass is 10.1. The van der Waals surface area contributed by atoms with Gasteiger partial charge in [-0.2, -0.15) is 0 Å². The molecule has 5 rings (SSSR count). The van der Waals surface area contributed by atoms with E-state index in [1.165, 1.54) is 6.20 Å². The maximum Gasteiger partial charge on any atom is 0.277 e. The standard InChI is InChI=1S/C22H15N5O/c28-22(18-14-23-16-10-4-5-11-17(16)24-18)26-21-20(15-8-2-1-3-9-15)25-19-12-6-7-13-27(19)21/h1-14H,(H,26,28). The van der Waals surface area contributed by atoms with E-state index < -0.39 is 0 Å². The van der Waals surface area contributed by atoms with Crippen LogP contribution in [0.4, 0.5) is 5.82 Å². The van der Waals surface area contributed by atoms with E-state index in [9.17, 15) is 4.79 Å². The van der Waals surface area contributed by atoms with Crippen molar-refractivity contribution in [2.75, 3.05) is 5.32 Å². The first-order chi connectivity index (χ1) is 13.8. The zero-order valence-electron chi connectivity index (χ0n) is 14.8. The van der Waals surface area contributed by atoms with Gasteiger partial charge in [0, 0.05) is 11.8 Å². The quantitative estimate of drug-likeness (QED) is 0.520. The number of benzene rings is 2. The summed E-state index contributed by atoms with van der Waals surface area (Å²) in [4.78, 5) is 26.4. The van der Waals surface area contributed by atoms with Gasteiger partial charge < -0.3 is 5.32 Å². The van der Waals surface area contributed by atoms with Crippen LogP contribution in [0.15, 0.2) is 85.2 Å². The Morgan fingerprint density at radius 2 is 1.57 bits per heavy atom. The SMILES string of the molecule is O=C(Nc1c(-c2ccccc2)nc2ccccn12)c1cnc2ccccc2n1. The van der Waals surface area contributed by atoms with Gasteiger partial charge in [0.15, 0.2) is 0 Å². The molecule has 0 aliphatic heterocycles. The summed E-state index contributed by atoms with van der Waals surface area (Å²) in [6, 6.07) is 22.9. The summed E-state index contributed by atoms with van der Waals surface area (Å²) in [5.41, 5.74) is 4.06. The third-order valence-electron chi connectivity index (χ3n) is 4.49. The molecule has 0 radical (unpaired) electrons. The Morgan fingerprint density at radius 3 is 2.43 bits per heavy atom. The average molecular weight is 365 g/mol. The molecule has 0 bridgehead atoms. The number of amides is 1. The van der Waals surface area contributed by atoms with Gasteiger partial charge in [0.2, 0.25) is 0 Å². The first-order valence-electron chi connectivity index (χ1n) is 8.85. The Balaban J connectivity index is 1.59. The number of imidazole rings is 1. The van der Waals surface area contributed by atoms with E-state index in [0.717, 1.165) is 16.7 Å². The summed E-state index contributed by atoms with van der Waals surface area (Å²) in [6.45, 7) is 0. The number of nitrogens with one attached hydrogen (secondary N) is 1. The molecule has 0 fully saturated rings. The number of pyridine rings is 1. The smallest absolute Gasteiger partial charge is 0.277 e. The minimum atomic E-state index is -0.332. The molecule has 0 saturated carbocycles. The molecule has 3 aromatic heterocycles. The van der Waals surface area contributed by atoms with Gasteiger partial charge in [-0.25, -0.2) is 9.97 Å². The van der Waals surface area contributed by atoms with Gasteiger partial charge in [-0.05, 0) is 24.3 Å². The molecule has 1 N–H and O–H groups in total. The molecule has 6 heteroatoms. The van der Waals surface area contributed by atoms with Crippen molar-refractivity contribution in [3.63, 3.8) is 0 Å². The molecular formula is C22H15N5O. The normalized spacial score (nSPS) is 11.0. The van der Waals surface area contributed by atoms with Crippen LogP contribution in [0.1, 0.15) is 10.5 Å². The molecule has 0 saturated heterocycles. The zero-order valence-corrected chi connectivity index (χ0v) is 14.8. The van der Waals surface area contributed by atoms with Crippen molar-refractivity contribution in [1.29, 1.82) is 0 Å². The molecular weight excluding hydrogens is 350 g/mol. The number of carbonyl (C=O) groups excluding carboxylic acids is 1. The second kappa shape index (κ2) is 6.59. The molecule has 1 amide bonds. The van der Waals surface area contributed by atoms with Gasteiger partial charge in [0.1, 0.15) is 22.9 Å². The van der Waals surface area contributed by atoms with Crippen molar-refractivity contribution < 1.29 is 4.79 Å². The van der Waals surface area contributed by atoms with Crippen LogP contribution < -0.4 is 5.32 Å². The molecule has 6 nitrogen and oxygen atoms in total. The summed E-state index contributed by atoms with van der Waals surface area (Å²) >= 11 is 0. The number of rotatable bonds is 3. The minimum absolute atomic E-state index is 0.253. The Kier molecular flexibility index (Phi) is 3.80. The number of carbonyl (C=O) groups is 1. The maximum absolute atomic E-state index is 12.9. The van der Waals surface area contributed by atoms with Crippen molar-refractivity contribution in [3.05, 3.63) is 90.9 Å². The van der Waals surface area contributed by atoms with Crippen LogP contribution in [0.2, 0.25) is 0 Å². The molecule has 2 aromatic carbocycles. The molecule has 134 valence electrons. The van der Waals surface area contributed by atoms with E-state index in [-0.39, 0.29) is 11.6 Å². The first-order valence-corrected chi connectivity index (χ1v) is 8.85. The average Bonchev–Trinajstić information content (AvgIpc) is 3.12. The molecule has 0 unspecified atom stereocenters. The van der Waals surface area contributed by atoms with Crippen LogP contribution in [0.25, 0.3) is 27.9 Å². The van der Waals surface area contributed by atoms with Crippen molar-refractivity contribution in [2.24, 2.45) is 0 Å². The van der Waals surface area contributed by atoms with Crippen LogP contribution in [0.3, 0.4) is 0 Å². The Bertz CT molecular complexity index is 1310. The fourth-order valence-electron chi connectivity index (χ4n) is 3.15. The molecule has 0 aliphatic rings. The highest BCUT2D eigenvalue weighted by molar-refractivity contribution is 6.05. The molecule has 0 aliphatic carbocycles. The van der Waals surface area contributed by atoms with E-state index in [1.807, 2.05) is 83.4 Å². The molecule has 0 atom stereocenters. The summed E-state index contributed by atoms with van der Waals surface area (Å²) in [5.74, 6) is 0.267. The number of anilines is 1. The fraction of sp³-hybridized carbons (Fsp3) is 0. The Morgan fingerprint density at radius 1 is 0.821 bits per heavy atom. The third kappa shape index (κ3) is 2.77. The minimum Gasteiger partial charge on any atom is -0.304 e. The second-order valence-corrected chi connectivity index (χ2v) is 6.30. The molecule has 3 heterocycles. The lowest BCUT2D eigenvalue weighted by Crippen LogP contribution is -2.16. The highest BCUT2D eigenvalue weighted by atomic mass is 16.2. The number of hydrogen-bond donors (Lipinski definition) is 1. The van der Waals surface area contributed by atoms with Crippen molar-refractivity contribution in [3.8, 4) is 11.3 Å². The molecule has 0 spiro atoms. The van der Waals surface area contributed by atoms with E-state index in [0.29, 0.717) is 17.0 Å².